The fourth-order valence-electron chi connectivity index (χ4n) is 2.36. The summed E-state index contributed by atoms with van der Waals surface area (Å²) in [7, 11) is -2.74. The van der Waals surface area contributed by atoms with E-state index in [1.807, 2.05) is 37.3 Å². The zero-order valence-corrected chi connectivity index (χ0v) is 14.6. The number of ether oxygens (including phenoxy) is 1. The number of hydrogen-bond acceptors (Lipinski definition) is 2. The molecule has 23 heavy (non-hydrogen) atoms. The number of rotatable bonds is 6. The van der Waals surface area contributed by atoms with Crippen molar-refractivity contribution in [2.24, 2.45) is 0 Å². The van der Waals surface area contributed by atoms with Crippen molar-refractivity contribution in [3.05, 3.63) is 65.7 Å². The standard InChI is InChI=1S/C16H20NO4P.ClH/c1-12(13-6-4-3-5-7-13)17-16(22(18,19)20)14-8-10-15(21-2)11-9-14;/h3-12,16-17H,1-2H3,(H2,18,19,20);1H/t12-,16+;/m1./s1. The van der Waals surface area contributed by atoms with Gasteiger partial charge in [-0.25, -0.2) is 0 Å². The summed E-state index contributed by atoms with van der Waals surface area (Å²) in [5.41, 5.74) is 1.60. The van der Waals surface area contributed by atoms with E-state index in [1.165, 1.54) is 0 Å². The van der Waals surface area contributed by atoms with Gasteiger partial charge in [-0.05, 0) is 31.2 Å². The minimum absolute atomic E-state index is 0. The zero-order chi connectivity index (χ0) is 16.2. The van der Waals surface area contributed by atoms with Gasteiger partial charge in [-0.3, -0.25) is 4.57 Å². The van der Waals surface area contributed by atoms with Crippen LogP contribution < -0.4 is 22.5 Å². The highest BCUT2D eigenvalue weighted by Crippen LogP contribution is 2.47. The first kappa shape index (κ1) is 19.7. The molecule has 0 bridgehead atoms. The number of methoxy groups -OCH3 is 1. The monoisotopic (exact) mass is 357 g/mol. The van der Waals surface area contributed by atoms with E-state index in [0.29, 0.717) is 11.3 Å². The van der Waals surface area contributed by atoms with Gasteiger partial charge in [0.1, 0.15) is 11.8 Å². The van der Waals surface area contributed by atoms with Crippen LogP contribution in [0.3, 0.4) is 0 Å². The summed E-state index contributed by atoms with van der Waals surface area (Å²) in [4.78, 5) is 19.4. The zero-order valence-electron chi connectivity index (χ0n) is 13.0. The molecule has 0 heterocycles. The lowest BCUT2D eigenvalue weighted by Gasteiger charge is -2.21. The smallest absolute Gasteiger partial charge is 0.387 e. The lowest BCUT2D eigenvalue weighted by atomic mass is 10.1. The summed E-state index contributed by atoms with van der Waals surface area (Å²) in [6, 6.07) is 16.4. The Hall–Kier alpha value is -1.36. The number of hydrogen-bond donors (Lipinski definition) is 3. The van der Waals surface area contributed by atoms with E-state index < -0.39 is 13.4 Å². The molecule has 0 unspecified atom stereocenters. The van der Waals surface area contributed by atoms with Gasteiger partial charge in [0.25, 0.3) is 0 Å². The molecule has 0 aromatic heterocycles. The molecule has 5 nitrogen and oxygen atoms in total. The summed E-state index contributed by atoms with van der Waals surface area (Å²) in [6.07, 6.45) is 0. The number of benzene rings is 2. The Labute approximate surface area is 142 Å². The summed E-state index contributed by atoms with van der Waals surface area (Å²) >= 11 is 0. The summed E-state index contributed by atoms with van der Waals surface area (Å²) < 4.78 is 17.0. The Bertz CT molecular complexity index is 645. The Balaban J connectivity index is 0.00000264. The van der Waals surface area contributed by atoms with Crippen LogP contribution in [0.4, 0.5) is 0 Å². The molecule has 0 aliphatic carbocycles. The third-order valence-corrected chi connectivity index (χ3v) is 4.81. The van der Waals surface area contributed by atoms with Crippen LogP contribution in [0.25, 0.3) is 0 Å². The first-order chi connectivity index (χ1) is 10.4. The minimum atomic E-state index is -4.29. The summed E-state index contributed by atoms with van der Waals surface area (Å²) in [6.45, 7) is 1.93. The van der Waals surface area contributed by atoms with Crippen molar-refractivity contribution in [2.45, 2.75) is 18.7 Å². The average molecular weight is 358 g/mol. The SMILES string of the molecule is COc1ccc([C@@H]([NH2+][C@H](C)c2ccccc2)P(=O)(O)O)cc1.[Cl-]. The highest BCUT2D eigenvalue weighted by molar-refractivity contribution is 7.51. The first-order valence-corrected chi connectivity index (χ1v) is 8.69. The van der Waals surface area contributed by atoms with E-state index in [0.717, 1.165) is 5.56 Å². The Morgan fingerprint density at radius 3 is 2.04 bits per heavy atom. The molecule has 126 valence electrons. The predicted molar refractivity (Wildman–Crippen MR) is 84.6 cm³/mol. The fourth-order valence-corrected chi connectivity index (χ4v) is 3.40. The van der Waals surface area contributed by atoms with E-state index in [2.05, 4.69) is 0 Å². The van der Waals surface area contributed by atoms with Crippen LogP contribution >= 0.6 is 7.60 Å². The van der Waals surface area contributed by atoms with Gasteiger partial charge in [-0.15, -0.1) is 0 Å². The molecule has 0 radical (unpaired) electrons. The van der Waals surface area contributed by atoms with Gasteiger partial charge in [0, 0.05) is 11.1 Å². The third-order valence-electron chi connectivity index (χ3n) is 3.62. The average Bonchev–Trinajstić information content (AvgIpc) is 2.52. The molecular weight excluding hydrogens is 337 g/mol. The van der Waals surface area contributed by atoms with Gasteiger partial charge in [0.2, 0.25) is 5.78 Å². The first-order valence-electron chi connectivity index (χ1n) is 7.01. The molecule has 4 N–H and O–H groups in total. The molecule has 0 saturated carbocycles. The van der Waals surface area contributed by atoms with Crippen molar-refractivity contribution in [2.75, 3.05) is 7.11 Å². The van der Waals surface area contributed by atoms with E-state index >= 15 is 0 Å². The van der Waals surface area contributed by atoms with Crippen molar-refractivity contribution in [3.8, 4) is 5.75 Å². The molecule has 0 amide bonds. The molecule has 0 aliphatic rings. The van der Waals surface area contributed by atoms with Crippen LogP contribution in [0.1, 0.15) is 29.9 Å². The van der Waals surface area contributed by atoms with Crippen molar-refractivity contribution >= 4 is 7.60 Å². The second-order valence-corrected chi connectivity index (χ2v) is 6.93. The quantitative estimate of drug-likeness (QED) is 0.591. The Kier molecular flexibility index (Phi) is 7.26. The maximum Gasteiger partial charge on any atom is 0.387 e. The van der Waals surface area contributed by atoms with Crippen molar-refractivity contribution in [1.29, 1.82) is 0 Å². The van der Waals surface area contributed by atoms with Crippen molar-refractivity contribution in [1.82, 2.24) is 0 Å². The maximum absolute atomic E-state index is 11.9. The molecule has 2 atom stereocenters. The lowest BCUT2D eigenvalue weighted by molar-refractivity contribution is -0.714. The van der Waals surface area contributed by atoms with Crippen LogP contribution in [0.2, 0.25) is 0 Å². The molecule has 0 spiro atoms. The molecule has 0 fully saturated rings. The second-order valence-electron chi connectivity index (χ2n) is 5.20. The van der Waals surface area contributed by atoms with Crippen LogP contribution in [-0.4, -0.2) is 16.9 Å². The molecule has 2 rings (SSSR count). The normalized spacial score (nSPS) is 13.7. The number of nitrogens with two attached hydrogens (primary N) is 1. The van der Waals surface area contributed by atoms with Crippen molar-refractivity contribution in [3.63, 3.8) is 0 Å². The van der Waals surface area contributed by atoms with Gasteiger partial charge in [0.15, 0.2) is 0 Å². The van der Waals surface area contributed by atoms with Crippen molar-refractivity contribution < 1.29 is 36.8 Å². The Morgan fingerprint density at radius 1 is 1.00 bits per heavy atom. The third kappa shape index (κ3) is 5.34. The number of halogens is 1. The largest absolute Gasteiger partial charge is 1.00 e. The minimum Gasteiger partial charge on any atom is -1.00 e. The van der Waals surface area contributed by atoms with Gasteiger partial charge >= 0.3 is 7.60 Å². The fraction of sp³-hybridized carbons (Fsp3) is 0.250. The van der Waals surface area contributed by atoms with Gasteiger partial charge in [-0.1, -0.05) is 30.3 Å². The maximum atomic E-state index is 11.9. The van der Waals surface area contributed by atoms with E-state index in [9.17, 15) is 14.4 Å². The second kappa shape index (κ2) is 8.48. The summed E-state index contributed by atoms with van der Waals surface area (Å²) in [5.74, 6) is -0.280. The van der Waals surface area contributed by atoms with E-state index in [1.54, 1.807) is 36.7 Å². The Morgan fingerprint density at radius 2 is 1.57 bits per heavy atom. The molecule has 7 heteroatoms. The van der Waals surface area contributed by atoms with Crippen LogP contribution in [0.5, 0.6) is 5.75 Å². The molecule has 0 saturated heterocycles. The topological polar surface area (TPSA) is 83.4 Å². The van der Waals surface area contributed by atoms with E-state index in [-0.39, 0.29) is 18.4 Å². The molecule has 2 aromatic carbocycles. The van der Waals surface area contributed by atoms with Gasteiger partial charge in [0.05, 0.1) is 7.11 Å². The molecule has 0 aliphatic heterocycles. The predicted octanol–water partition coefficient (Wildman–Crippen LogP) is -0.800. The molecular formula is C16H21ClNO4P. The van der Waals surface area contributed by atoms with Crippen LogP contribution in [0, 0.1) is 0 Å². The van der Waals surface area contributed by atoms with Crippen LogP contribution in [-0.2, 0) is 4.57 Å². The van der Waals surface area contributed by atoms with E-state index in [4.69, 9.17) is 4.74 Å². The van der Waals surface area contributed by atoms with Gasteiger partial charge < -0.3 is 32.2 Å². The highest BCUT2D eigenvalue weighted by atomic mass is 35.5. The summed E-state index contributed by atoms with van der Waals surface area (Å²) in [5, 5.41) is 1.71. The highest BCUT2D eigenvalue weighted by Gasteiger charge is 2.35. The number of quaternary nitrogens is 1. The molecule has 2 aromatic rings. The van der Waals surface area contributed by atoms with Crippen LogP contribution in [0.15, 0.2) is 54.6 Å². The van der Waals surface area contributed by atoms with Gasteiger partial charge in [-0.2, -0.15) is 0 Å². The lowest BCUT2D eigenvalue weighted by Crippen LogP contribution is -3.00.